The van der Waals surface area contributed by atoms with Crippen molar-refractivity contribution in [3.05, 3.63) is 52.3 Å². The SMILES string of the molecule is CCC[N+](CCC)(CCC)Cc1ccc(-c2ccccc2[N+](=O)[O-])o1.[Br-]. The third-order valence-corrected chi connectivity index (χ3v) is 4.61. The number of nitrogens with zero attached hydrogens (tertiary/aromatic N) is 2. The molecule has 0 fully saturated rings. The lowest BCUT2D eigenvalue weighted by molar-refractivity contribution is -0.941. The molecule has 0 aliphatic rings. The summed E-state index contributed by atoms with van der Waals surface area (Å²) in [7, 11) is 0. The van der Waals surface area contributed by atoms with Gasteiger partial charge in [0.2, 0.25) is 0 Å². The zero-order valence-corrected chi connectivity index (χ0v) is 17.5. The van der Waals surface area contributed by atoms with Crippen LogP contribution in [0, 0.1) is 10.1 Å². The standard InChI is InChI=1S/C20H29N2O3.BrH/c1-4-13-22(14-5-2,15-6-3)16-17-11-12-20(25-17)18-9-7-8-10-19(18)21(23)24;/h7-12H,4-6,13-16H2,1-3H3;1H/q+1;/p-1. The summed E-state index contributed by atoms with van der Waals surface area (Å²) < 4.78 is 7.06. The first-order chi connectivity index (χ1) is 12.0. The minimum absolute atomic E-state index is 0. The number of nitro benzene ring substituents is 1. The highest BCUT2D eigenvalue weighted by Gasteiger charge is 2.27. The Kier molecular flexibility index (Phi) is 9.02. The molecule has 0 radical (unpaired) electrons. The number of benzene rings is 1. The van der Waals surface area contributed by atoms with Crippen molar-refractivity contribution in [1.82, 2.24) is 0 Å². The maximum Gasteiger partial charge on any atom is 0.280 e. The van der Waals surface area contributed by atoms with Gasteiger partial charge in [0, 0.05) is 6.07 Å². The van der Waals surface area contributed by atoms with Gasteiger partial charge in [-0.3, -0.25) is 10.1 Å². The molecule has 2 aromatic rings. The second-order valence-corrected chi connectivity index (χ2v) is 6.71. The highest BCUT2D eigenvalue weighted by Crippen LogP contribution is 2.31. The number of halogens is 1. The summed E-state index contributed by atoms with van der Waals surface area (Å²) in [6.07, 6.45) is 3.41. The Balaban J connectivity index is 0.00000338. The van der Waals surface area contributed by atoms with Crippen molar-refractivity contribution in [2.75, 3.05) is 19.6 Å². The summed E-state index contributed by atoms with van der Waals surface area (Å²) in [5.74, 6) is 1.48. The summed E-state index contributed by atoms with van der Waals surface area (Å²) in [4.78, 5) is 10.9. The van der Waals surface area contributed by atoms with Gasteiger partial charge < -0.3 is 25.9 Å². The first-order valence-electron chi connectivity index (χ1n) is 9.22. The Bertz CT molecular complexity index is 683. The Morgan fingerprint density at radius 1 is 0.962 bits per heavy atom. The molecule has 1 aromatic carbocycles. The van der Waals surface area contributed by atoms with Gasteiger partial charge >= 0.3 is 0 Å². The van der Waals surface area contributed by atoms with Gasteiger partial charge in [0.15, 0.2) is 5.76 Å². The van der Waals surface area contributed by atoms with Gasteiger partial charge in [0.25, 0.3) is 5.69 Å². The van der Waals surface area contributed by atoms with Crippen LogP contribution < -0.4 is 17.0 Å². The molecule has 0 aliphatic carbocycles. The zero-order valence-electron chi connectivity index (χ0n) is 15.9. The van der Waals surface area contributed by atoms with Crippen molar-refractivity contribution in [3.8, 4) is 11.3 Å². The largest absolute Gasteiger partial charge is 1.00 e. The molecule has 0 bridgehead atoms. The molecule has 0 amide bonds. The second kappa shape index (κ2) is 10.5. The Morgan fingerprint density at radius 3 is 2.08 bits per heavy atom. The number of quaternary nitrogens is 1. The van der Waals surface area contributed by atoms with Gasteiger partial charge in [-0.2, -0.15) is 0 Å². The highest BCUT2D eigenvalue weighted by atomic mass is 79.9. The number of para-hydroxylation sites is 1. The van der Waals surface area contributed by atoms with Gasteiger partial charge in [-0.25, -0.2) is 0 Å². The number of nitro groups is 1. The molecule has 144 valence electrons. The molecule has 6 heteroatoms. The quantitative estimate of drug-likeness (QED) is 0.334. The second-order valence-electron chi connectivity index (χ2n) is 6.71. The Morgan fingerprint density at radius 2 is 1.54 bits per heavy atom. The number of hydrogen-bond acceptors (Lipinski definition) is 3. The van der Waals surface area contributed by atoms with Crippen molar-refractivity contribution >= 4 is 5.69 Å². The maximum absolute atomic E-state index is 11.2. The molecule has 1 aromatic heterocycles. The van der Waals surface area contributed by atoms with Gasteiger partial charge in [-0.1, -0.05) is 32.9 Å². The lowest BCUT2D eigenvalue weighted by Crippen LogP contribution is -3.00. The predicted octanol–water partition coefficient (Wildman–Crippen LogP) is 2.41. The molecule has 0 aliphatic heterocycles. The van der Waals surface area contributed by atoms with Gasteiger partial charge in [0.05, 0.1) is 30.1 Å². The fourth-order valence-corrected chi connectivity index (χ4v) is 3.78. The third kappa shape index (κ3) is 5.42. The molecule has 5 nitrogen and oxygen atoms in total. The summed E-state index contributed by atoms with van der Waals surface area (Å²) in [6.45, 7) is 10.9. The minimum atomic E-state index is -0.358. The van der Waals surface area contributed by atoms with E-state index in [1.807, 2.05) is 12.1 Å². The third-order valence-electron chi connectivity index (χ3n) is 4.61. The molecule has 0 saturated carbocycles. The van der Waals surface area contributed by atoms with Crippen LogP contribution in [0.1, 0.15) is 45.8 Å². The van der Waals surface area contributed by atoms with Crippen LogP contribution in [0.3, 0.4) is 0 Å². The van der Waals surface area contributed by atoms with E-state index in [1.165, 1.54) is 6.07 Å². The van der Waals surface area contributed by atoms with E-state index in [4.69, 9.17) is 4.42 Å². The average Bonchev–Trinajstić information content (AvgIpc) is 3.03. The fraction of sp³-hybridized carbons (Fsp3) is 0.500. The summed E-state index contributed by atoms with van der Waals surface area (Å²) in [5.41, 5.74) is 0.623. The Hall–Kier alpha value is -1.66. The minimum Gasteiger partial charge on any atom is -1.00 e. The summed E-state index contributed by atoms with van der Waals surface area (Å²) in [6, 6.07) is 10.6. The van der Waals surface area contributed by atoms with Crippen molar-refractivity contribution in [1.29, 1.82) is 0 Å². The first-order valence-corrected chi connectivity index (χ1v) is 9.22. The smallest absolute Gasteiger partial charge is 0.280 e. The van der Waals surface area contributed by atoms with Gasteiger partial charge in [0.1, 0.15) is 12.3 Å². The zero-order chi connectivity index (χ0) is 18.3. The molecule has 0 spiro atoms. The van der Waals surface area contributed by atoms with Crippen LogP contribution in [0.25, 0.3) is 11.3 Å². The van der Waals surface area contributed by atoms with Crippen molar-refractivity contribution in [3.63, 3.8) is 0 Å². The molecule has 0 atom stereocenters. The fourth-order valence-electron chi connectivity index (χ4n) is 3.78. The lowest BCUT2D eigenvalue weighted by atomic mass is 10.1. The van der Waals surface area contributed by atoms with E-state index >= 15 is 0 Å². The van der Waals surface area contributed by atoms with Crippen LogP contribution in [0.15, 0.2) is 40.8 Å². The van der Waals surface area contributed by atoms with Crippen LogP contribution in [0.5, 0.6) is 0 Å². The van der Waals surface area contributed by atoms with Crippen molar-refractivity contribution in [2.24, 2.45) is 0 Å². The van der Waals surface area contributed by atoms with E-state index < -0.39 is 0 Å². The van der Waals surface area contributed by atoms with E-state index in [1.54, 1.807) is 18.2 Å². The number of rotatable bonds is 10. The number of furan rings is 1. The predicted molar refractivity (Wildman–Crippen MR) is 100 cm³/mol. The highest BCUT2D eigenvalue weighted by molar-refractivity contribution is 5.69. The van der Waals surface area contributed by atoms with E-state index in [0.29, 0.717) is 11.3 Å². The molecule has 1 heterocycles. The monoisotopic (exact) mass is 424 g/mol. The molecular weight excluding hydrogens is 396 g/mol. The van der Waals surface area contributed by atoms with E-state index in [0.717, 1.165) is 55.7 Å². The maximum atomic E-state index is 11.2. The number of hydrogen-bond donors (Lipinski definition) is 0. The molecule has 0 unspecified atom stereocenters. The van der Waals surface area contributed by atoms with Crippen LogP contribution >= 0.6 is 0 Å². The van der Waals surface area contributed by atoms with Crippen LogP contribution in [-0.4, -0.2) is 29.0 Å². The summed E-state index contributed by atoms with van der Waals surface area (Å²) in [5, 5.41) is 11.2. The van der Waals surface area contributed by atoms with Gasteiger partial charge in [-0.05, 0) is 37.5 Å². The van der Waals surface area contributed by atoms with E-state index in [-0.39, 0.29) is 27.6 Å². The molecule has 0 saturated heterocycles. The first kappa shape index (κ1) is 22.4. The Labute approximate surface area is 166 Å². The van der Waals surface area contributed by atoms with Crippen molar-refractivity contribution in [2.45, 2.75) is 46.6 Å². The van der Waals surface area contributed by atoms with E-state index in [2.05, 4.69) is 20.8 Å². The van der Waals surface area contributed by atoms with E-state index in [9.17, 15) is 10.1 Å². The van der Waals surface area contributed by atoms with Crippen LogP contribution in [0.4, 0.5) is 5.69 Å². The average molecular weight is 425 g/mol. The topological polar surface area (TPSA) is 56.3 Å². The molecular formula is C20H29BrN2O3. The molecule has 0 N–H and O–H groups in total. The summed E-state index contributed by atoms with van der Waals surface area (Å²) >= 11 is 0. The normalized spacial score (nSPS) is 11.2. The molecule has 2 rings (SSSR count). The molecule has 26 heavy (non-hydrogen) atoms. The lowest BCUT2D eigenvalue weighted by Gasteiger charge is -2.37. The van der Waals surface area contributed by atoms with Crippen LogP contribution in [-0.2, 0) is 6.54 Å². The van der Waals surface area contributed by atoms with Crippen LogP contribution in [0.2, 0.25) is 0 Å². The van der Waals surface area contributed by atoms with Crippen molar-refractivity contribution < 1.29 is 30.8 Å². The van der Waals surface area contributed by atoms with Gasteiger partial charge in [-0.15, -0.1) is 0 Å².